The van der Waals surface area contributed by atoms with Crippen LogP contribution in [0.5, 0.6) is 0 Å². The van der Waals surface area contributed by atoms with Crippen molar-refractivity contribution in [1.29, 1.82) is 0 Å². The van der Waals surface area contributed by atoms with Gasteiger partial charge in [-0.15, -0.1) is 0 Å². The first-order valence-corrected chi connectivity index (χ1v) is 7.92. The standard InChI is InChI=1S/C9H18BrNO2S/c1-2-8-5-3-4-6-9(8)11-14(12,13)7-10/h8-9,11H,2-7H2,1H3. The first-order chi connectivity index (χ1) is 6.59. The van der Waals surface area contributed by atoms with Crippen LogP contribution in [0.2, 0.25) is 0 Å². The Morgan fingerprint density at radius 1 is 1.36 bits per heavy atom. The zero-order valence-corrected chi connectivity index (χ0v) is 10.9. The maximum Gasteiger partial charge on any atom is 0.221 e. The number of hydrogen-bond acceptors (Lipinski definition) is 2. The maximum atomic E-state index is 11.4. The Morgan fingerprint density at radius 3 is 2.57 bits per heavy atom. The third kappa shape index (κ3) is 3.51. The fraction of sp³-hybridized carbons (Fsp3) is 1.00. The molecule has 0 saturated heterocycles. The highest BCUT2D eigenvalue weighted by Crippen LogP contribution is 2.27. The zero-order valence-electron chi connectivity index (χ0n) is 8.50. The van der Waals surface area contributed by atoms with Gasteiger partial charge in [-0.25, -0.2) is 13.1 Å². The molecular formula is C9H18BrNO2S. The van der Waals surface area contributed by atoms with Gasteiger partial charge >= 0.3 is 0 Å². The summed E-state index contributed by atoms with van der Waals surface area (Å²) in [5.74, 6) is 0.526. The molecule has 1 fully saturated rings. The maximum absolute atomic E-state index is 11.4. The Hall–Kier alpha value is 0.390. The van der Waals surface area contributed by atoms with E-state index in [-0.39, 0.29) is 10.7 Å². The molecule has 2 unspecified atom stereocenters. The van der Waals surface area contributed by atoms with Gasteiger partial charge in [0.2, 0.25) is 10.0 Å². The molecule has 0 heterocycles. The van der Waals surface area contributed by atoms with E-state index in [0.717, 1.165) is 25.7 Å². The molecule has 0 aromatic rings. The van der Waals surface area contributed by atoms with Crippen molar-refractivity contribution >= 4 is 26.0 Å². The fourth-order valence-electron chi connectivity index (χ4n) is 2.11. The molecule has 0 aromatic heterocycles. The molecule has 0 spiro atoms. The predicted molar refractivity (Wildman–Crippen MR) is 61.9 cm³/mol. The molecule has 1 N–H and O–H groups in total. The van der Waals surface area contributed by atoms with Crippen LogP contribution in [0.1, 0.15) is 39.0 Å². The second-order valence-corrected chi connectivity index (χ2v) is 6.96. The molecule has 3 nitrogen and oxygen atoms in total. The summed E-state index contributed by atoms with van der Waals surface area (Å²) in [6, 6.07) is 0.163. The second kappa shape index (κ2) is 5.47. The lowest BCUT2D eigenvalue weighted by Gasteiger charge is -2.30. The van der Waals surface area contributed by atoms with Crippen molar-refractivity contribution in [3.63, 3.8) is 0 Å². The average Bonchev–Trinajstić information content (AvgIpc) is 2.18. The molecule has 14 heavy (non-hydrogen) atoms. The highest BCUT2D eigenvalue weighted by Gasteiger charge is 2.26. The summed E-state index contributed by atoms with van der Waals surface area (Å²) in [5.41, 5.74) is 0. The van der Waals surface area contributed by atoms with Crippen LogP contribution in [0.3, 0.4) is 0 Å². The van der Waals surface area contributed by atoms with Gasteiger partial charge in [0.15, 0.2) is 0 Å². The van der Waals surface area contributed by atoms with Crippen molar-refractivity contribution in [2.45, 2.75) is 45.1 Å². The monoisotopic (exact) mass is 283 g/mol. The molecule has 1 aliphatic rings. The number of hydrogen-bond donors (Lipinski definition) is 1. The molecular weight excluding hydrogens is 266 g/mol. The Bertz CT molecular complexity index is 266. The van der Waals surface area contributed by atoms with Gasteiger partial charge in [-0.2, -0.15) is 0 Å². The van der Waals surface area contributed by atoms with Crippen molar-refractivity contribution < 1.29 is 8.42 Å². The molecule has 0 bridgehead atoms. The topological polar surface area (TPSA) is 46.2 Å². The quantitative estimate of drug-likeness (QED) is 0.805. The summed E-state index contributed by atoms with van der Waals surface area (Å²) in [6.07, 6.45) is 5.60. The first kappa shape index (κ1) is 12.5. The molecule has 1 aliphatic carbocycles. The third-order valence-electron chi connectivity index (χ3n) is 2.91. The van der Waals surface area contributed by atoms with Crippen LogP contribution < -0.4 is 4.72 Å². The van der Waals surface area contributed by atoms with Gasteiger partial charge < -0.3 is 0 Å². The molecule has 0 radical (unpaired) electrons. The second-order valence-electron chi connectivity index (χ2n) is 3.90. The molecule has 0 aliphatic heterocycles. The Morgan fingerprint density at radius 2 is 2.00 bits per heavy atom. The number of sulfonamides is 1. The Kier molecular flexibility index (Phi) is 4.87. The van der Waals surface area contributed by atoms with E-state index in [2.05, 4.69) is 27.6 Å². The summed E-state index contributed by atoms with van der Waals surface area (Å²) in [5, 5.41) is 0. The van der Waals surface area contributed by atoms with Crippen LogP contribution in [0.25, 0.3) is 0 Å². The van der Waals surface area contributed by atoms with Crippen LogP contribution in [0.4, 0.5) is 0 Å². The van der Waals surface area contributed by atoms with E-state index in [4.69, 9.17) is 0 Å². The first-order valence-electron chi connectivity index (χ1n) is 5.15. The average molecular weight is 284 g/mol. The zero-order chi connectivity index (χ0) is 10.6. The molecule has 1 saturated carbocycles. The van der Waals surface area contributed by atoms with Crippen molar-refractivity contribution in [2.24, 2.45) is 5.92 Å². The van der Waals surface area contributed by atoms with Gasteiger partial charge in [-0.05, 0) is 18.8 Å². The largest absolute Gasteiger partial charge is 0.221 e. The van der Waals surface area contributed by atoms with Crippen molar-refractivity contribution in [1.82, 2.24) is 4.72 Å². The summed E-state index contributed by atoms with van der Waals surface area (Å²) >= 11 is 2.99. The van der Waals surface area contributed by atoms with E-state index in [1.54, 1.807) is 0 Å². The highest BCUT2D eigenvalue weighted by molar-refractivity contribution is 9.10. The summed E-state index contributed by atoms with van der Waals surface area (Å²) < 4.78 is 25.5. The molecule has 0 aromatic carbocycles. The lowest BCUT2D eigenvalue weighted by Crippen LogP contribution is -2.42. The third-order valence-corrected chi connectivity index (χ3v) is 5.67. The minimum Gasteiger partial charge on any atom is -0.212 e. The minimum atomic E-state index is -3.10. The van der Waals surface area contributed by atoms with Gasteiger partial charge in [0.1, 0.15) is 4.66 Å². The normalized spacial score (nSPS) is 29.0. The Balaban J connectivity index is 2.57. The lowest BCUT2D eigenvalue weighted by atomic mass is 9.83. The van der Waals surface area contributed by atoms with Crippen molar-refractivity contribution in [2.75, 3.05) is 4.66 Å². The number of alkyl halides is 1. The van der Waals surface area contributed by atoms with E-state index in [0.29, 0.717) is 5.92 Å². The fourth-order valence-corrected chi connectivity index (χ4v) is 3.34. The van der Waals surface area contributed by atoms with E-state index in [1.165, 1.54) is 6.42 Å². The van der Waals surface area contributed by atoms with Crippen LogP contribution >= 0.6 is 15.9 Å². The van der Waals surface area contributed by atoms with E-state index >= 15 is 0 Å². The lowest BCUT2D eigenvalue weighted by molar-refractivity contribution is 0.282. The van der Waals surface area contributed by atoms with Gasteiger partial charge in [0.05, 0.1) is 0 Å². The van der Waals surface area contributed by atoms with Crippen LogP contribution in [-0.4, -0.2) is 19.1 Å². The minimum absolute atomic E-state index is 0.00688. The Labute approximate surface area is 94.8 Å². The molecule has 1 rings (SSSR count). The number of rotatable bonds is 4. The van der Waals surface area contributed by atoms with E-state index < -0.39 is 10.0 Å². The van der Waals surface area contributed by atoms with Crippen molar-refractivity contribution in [3.05, 3.63) is 0 Å². The molecule has 0 amide bonds. The molecule has 5 heteroatoms. The van der Waals surface area contributed by atoms with Gasteiger partial charge in [-0.1, -0.05) is 42.1 Å². The number of halogens is 1. The highest BCUT2D eigenvalue weighted by atomic mass is 79.9. The van der Waals surface area contributed by atoms with Gasteiger partial charge in [0, 0.05) is 6.04 Å². The predicted octanol–water partition coefficient (Wildman–Crippen LogP) is 2.23. The smallest absolute Gasteiger partial charge is 0.212 e. The van der Waals surface area contributed by atoms with Gasteiger partial charge in [0.25, 0.3) is 0 Å². The van der Waals surface area contributed by atoms with Crippen LogP contribution in [0, 0.1) is 5.92 Å². The summed E-state index contributed by atoms with van der Waals surface area (Å²) in [4.78, 5) is 0. The molecule has 84 valence electrons. The van der Waals surface area contributed by atoms with E-state index in [1.807, 2.05) is 0 Å². The van der Waals surface area contributed by atoms with Crippen molar-refractivity contribution in [3.8, 4) is 0 Å². The summed E-state index contributed by atoms with van der Waals surface area (Å²) in [6.45, 7) is 2.13. The summed E-state index contributed by atoms with van der Waals surface area (Å²) in [7, 11) is -3.10. The molecule has 2 atom stereocenters. The SMILES string of the molecule is CCC1CCCCC1NS(=O)(=O)CBr. The number of nitrogens with one attached hydrogen (secondary N) is 1. The van der Waals surface area contributed by atoms with Crippen LogP contribution in [0.15, 0.2) is 0 Å². The van der Waals surface area contributed by atoms with Gasteiger partial charge in [-0.3, -0.25) is 0 Å². The van der Waals surface area contributed by atoms with Crippen LogP contribution in [-0.2, 0) is 10.0 Å². The van der Waals surface area contributed by atoms with E-state index in [9.17, 15) is 8.42 Å².